The number of anilines is 3. The monoisotopic (exact) mass is 458 g/mol. The van der Waals surface area contributed by atoms with Crippen molar-refractivity contribution in [1.29, 1.82) is 0 Å². The largest absolute Gasteiger partial charge is 0.396 e. The molecule has 0 radical (unpaired) electrons. The van der Waals surface area contributed by atoms with E-state index in [0.717, 1.165) is 43.1 Å². The average molecular weight is 459 g/mol. The van der Waals surface area contributed by atoms with Gasteiger partial charge in [-0.25, -0.2) is 13.8 Å². The van der Waals surface area contributed by atoms with E-state index in [2.05, 4.69) is 15.2 Å². The second-order valence-electron chi connectivity index (χ2n) is 7.86. The molecule has 1 aliphatic rings. The SMILES string of the molecule is CC(CO)c1cc(F)c(-c2cc(C(N)=O)c(Nc3cccc(N4CCCC4)n3)s2)c(F)c1. The van der Waals surface area contributed by atoms with Crippen molar-refractivity contribution in [1.82, 2.24) is 4.98 Å². The number of carbonyl (C=O) groups excluding carboxylic acids is 1. The van der Waals surface area contributed by atoms with Crippen LogP contribution in [0.5, 0.6) is 0 Å². The maximum absolute atomic E-state index is 14.8. The maximum Gasteiger partial charge on any atom is 0.251 e. The lowest BCUT2D eigenvalue weighted by Gasteiger charge is -2.17. The van der Waals surface area contributed by atoms with E-state index >= 15 is 0 Å². The summed E-state index contributed by atoms with van der Waals surface area (Å²) in [6, 6.07) is 9.34. The van der Waals surface area contributed by atoms with Crippen molar-refractivity contribution >= 4 is 33.9 Å². The molecule has 32 heavy (non-hydrogen) atoms. The number of carbonyl (C=O) groups is 1. The number of nitrogens with zero attached hydrogens (tertiary/aromatic N) is 2. The van der Waals surface area contributed by atoms with Crippen LogP contribution in [0.25, 0.3) is 10.4 Å². The number of thiophene rings is 1. The first kappa shape index (κ1) is 22.2. The van der Waals surface area contributed by atoms with Crippen LogP contribution in [0, 0.1) is 11.6 Å². The quantitative estimate of drug-likeness (QED) is 0.480. The van der Waals surface area contributed by atoms with E-state index < -0.39 is 23.5 Å². The highest BCUT2D eigenvalue weighted by Crippen LogP contribution is 2.40. The number of primary amides is 1. The van der Waals surface area contributed by atoms with E-state index in [4.69, 9.17) is 5.73 Å². The molecule has 1 aliphatic heterocycles. The Balaban J connectivity index is 1.68. The number of aromatic nitrogens is 1. The number of aliphatic hydroxyl groups excluding tert-OH is 1. The predicted molar refractivity (Wildman–Crippen MR) is 123 cm³/mol. The van der Waals surface area contributed by atoms with Gasteiger partial charge in [-0.2, -0.15) is 0 Å². The third-order valence-electron chi connectivity index (χ3n) is 5.56. The number of hydrogen-bond acceptors (Lipinski definition) is 6. The molecule has 0 aliphatic carbocycles. The zero-order valence-electron chi connectivity index (χ0n) is 17.6. The van der Waals surface area contributed by atoms with Gasteiger partial charge in [-0.15, -0.1) is 11.3 Å². The fourth-order valence-corrected chi connectivity index (χ4v) is 4.86. The summed E-state index contributed by atoms with van der Waals surface area (Å²) in [5, 5.41) is 12.7. The number of pyridine rings is 1. The Morgan fingerprint density at radius 1 is 1.25 bits per heavy atom. The van der Waals surface area contributed by atoms with Gasteiger partial charge in [-0.1, -0.05) is 13.0 Å². The van der Waals surface area contributed by atoms with Gasteiger partial charge in [0, 0.05) is 30.5 Å². The molecule has 1 unspecified atom stereocenters. The summed E-state index contributed by atoms with van der Waals surface area (Å²) in [4.78, 5) is 19.0. The van der Waals surface area contributed by atoms with Crippen molar-refractivity contribution in [2.75, 3.05) is 29.9 Å². The Morgan fingerprint density at radius 3 is 2.56 bits per heavy atom. The highest BCUT2D eigenvalue weighted by atomic mass is 32.1. The molecule has 1 fully saturated rings. The molecule has 2 aromatic heterocycles. The van der Waals surface area contributed by atoms with Crippen LogP contribution in [0.2, 0.25) is 0 Å². The van der Waals surface area contributed by atoms with Gasteiger partial charge in [0.2, 0.25) is 0 Å². The van der Waals surface area contributed by atoms with Crippen LogP contribution in [-0.4, -0.2) is 35.7 Å². The number of nitrogens with one attached hydrogen (secondary N) is 1. The van der Waals surface area contributed by atoms with E-state index in [1.54, 1.807) is 13.0 Å². The van der Waals surface area contributed by atoms with Gasteiger partial charge in [-0.3, -0.25) is 4.79 Å². The maximum atomic E-state index is 14.8. The summed E-state index contributed by atoms with van der Waals surface area (Å²) >= 11 is 1.03. The third-order valence-corrected chi connectivity index (χ3v) is 6.63. The number of benzene rings is 1. The zero-order valence-corrected chi connectivity index (χ0v) is 18.4. The van der Waals surface area contributed by atoms with E-state index in [-0.39, 0.29) is 22.6 Å². The third kappa shape index (κ3) is 4.44. The second kappa shape index (κ2) is 9.22. The molecule has 1 saturated heterocycles. The van der Waals surface area contributed by atoms with Crippen molar-refractivity contribution in [3.8, 4) is 10.4 Å². The van der Waals surface area contributed by atoms with Crippen molar-refractivity contribution in [3.05, 3.63) is 59.2 Å². The van der Waals surface area contributed by atoms with E-state index in [9.17, 15) is 18.7 Å². The molecule has 1 aromatic carbocycles. The van der Waals surface area contributed by atoms with Gasteiger partial charge in [0.1, 0.15) is 28.3 Å². The predicted octanol–water partition coefficient (Wildman–Crippen LogP) is 4.63. The number of hydrogen-bond donors (Lipinski definition) is 3. The minimum atomic E-state index is -0.765. The second-order valence-corrected chi connectivity index (χ2v) is 8.91. The number of aliphatic hydroxyl groups is 1. The van der Waals surface area contributed by atoms with Crippen LogP contribution in [0.1, 0.15) is 41.6 Å². The fourth-order valence-electron chi connectivity index (χ4n) is 3.74. The summed E-state index contributed by atoms with van der Waals surface area (Å²) < 4.78 is 29.6. The first-order valence-electron chi connectivity index (χ1n) is 10.4. The summed E-state index contributed by atoms with van der Waals surface area (Å²) in [7, 11) is 0. The van der Waals surface area contributed by atoms with Crippen molar-refractivity contribution in [2.45, 2.75) is 25.7 Å². The topological polar surface area (TPSA) is 91.5 Å². The van der Waals surface area contributed by atoms with Crippen LogP contribution in [0.3, 0.4) is 0 Å². The van der Waals surface area contributed by atoms with Gasteiger partial charge >= 0.3 is 0 Å². The standard InChI is InChI=1S/C23H24F2N4O2S/c1-13(12-30)14-9-16(24)21(17(25)10-14)18-11-15(22(26)31)23(32-18)28-19-5-4-6-20(27-19)29-7-2-3-8-29/h4-6,9-11,13,30H,2-3,7-8,12H2,1H3,(H2,26,31)(H,27,28). The Kier molecular flexibility index (Phi) is 6.38. The molecule has 3 heterocycles. The number of rotatable bonds is 7. The van der Waals surface area contributed by atoms with Gasteiger partial charge in [-0.05, 0) is 48.7 Å². The molecule has 0 saturated carbocycles. The minimum absolute atomic E-state index is 0.130. The molecular formula is C23H24F2N4O2S. The molecule has 4 N–H and O–H groups in total. The Morgan fingerprint density at radius 2 is 1.94 bits per heavy atom. The van der Waals surface area contributed by atoms with E-state index in [0.29, 0.717) is 16.4 Å². The Hall–Kier alpha value is -3.04. The van der Waals surface area contributed by atoms with Gasteiger partial charge in [0.05, 0.1) is 11.1 Å². The van der Waals surface area contributed by atoms with E-state index in [1.807, 2.05) is 12.1 Å². The molecule has 1 atom stereocenters. The first-order chi connectivity index (χ1) is 15.4. The van der Waals surface area contributed by atoms with Crippen LogP contribution in [0.4, 0.5) is 25.4 Å². The van der Waals surface area contributed by atoms with Crippen LogP contribution in [-0.2, 0) is 0 Å². The van der Waals surface area contributed by atoms with Gasteiger partial charge in [0.25, 0.3) is 5.91 Å². The lowest BCUT2D eigenvalue weighted by Crippen LogP contribution is -2.19. The van der Waals surface area contributed by atoms with Gasteiger partial charge < -0.3 is 21.1 Å². The number of nitrogens with two attached hydrogens (primary N) is 1. The highest BCUT2D eigenvalue weighted by molar-refractivity contribution is 7.20. The van der Waals surface area contributed by atoms with Crippen LogP contribution < -0.4 is 16.0 Å². The normalized spacial score (nSPS) is 14.6. The molecule has 3 aromatic rings. The summed E-state index contributed by atoms with van der Waals surface area (Å²) in [5.74, 6) is -1.30. The smallest absolute Gasteiger partial charge is 0.251 e. The van der Waals surface area contributed by atoms with Crippen LogP contribution in [0.15, 0.2) is 36.4 Å². The lowest BCUT2D eigenvalue weighted by molar-refractivity contribution is 0.100. The molecule has 0 bridgehead atoms. The average Bonchev–Trinajstić information content (AvgIpc) is 3.43. The van der Waals surface area contributed by atoms with Crippen molar-refractivity contribution in [3.63, 3.8) is 0 Å². The van der Waals surface area contributed by atoms with E-state index in [1.165, 1.54) is 18.2 Å². The van der Waals surface area contributed by atoms with Crippen molar-refractivity contribution < 1.29 is 18.7 Å². The molecule has 0 spiro atoms. The summed E-state index contributed by atoms with van der Waals surface area (Å²) in [6.45, 7) is 3.33. The number of halogens is 2. The fraction of sp³-hybridized carbons (Fsp3) is 0.304. The Bertz CT molecular complexity index is 1120. The first-order valence-corrected chi connectivity index (χ1v) is 11.2. The zero-order chi connectivity index (χ0) is 22.8. The minimum Gasteiger partial charge on any atom is -0.396 e. The molecule has 4 rings (SSSR count). The number of amides is 1. The molecular weight excluding hydrogens is 434 g/mol. The van der Waals surface area contributed by atoms with Gasteiger partial charge in [0.15, 0.2) is 0 Å². The summed E-state index contributed by atoms with van der Waals surface area (Å²) in [6.07, 6.45) is 2.24. The van der Waals surface area contributed by atoms with Crippen molar-refractivity contribution in [2.24, 2.45) is 5.73 Å². The lowest BCUT2D eigenvalue weighted by atomic mass is 9.99. The highest BCUT2D eigenvalue weighted by Gasteiger charge is 2.22. The molecule has 1 amide bonds. The molecule has 168 valence electrons. The Labute approximate surface area is 188 Å². The summed E-state index contributed by atoms with van der Waals surface area (Å²) in [5.41, 5.74) is 5.78. The molecule has 6 nitrogen and oxygen atoms in total. The molecule has 9 heteroatoms. The van der Waals surface area contributed by atoms with Crippen LogP contribution >= 0.6 is 11.3 Å².